The Morgan fingerprint density at radius 2 is 1.85 bits per heavy atom. The van der Waals surface area contributed by atoms with Crippen LogP contribution in [0.15, 0.2) is 29.2 Å². The number of benzene rings is 1. The molecule has 0 atom stereocenters. The molecule has 0 saturated heterocycles. The Hall–Kier alpha value is -3.31. The van der Waals surface area contributed by atoms with Crippen LogP contribution in [0.4, 0.5) is 17.2 Å². The molecule has 0 radical (unpaired) electrons. The number of rotatable bonds is 6. The summed E-state index contributed by atoms with van der Waals surface area (Å²) in [6.45, 7) is 5.73. The number of hydrogen-bond acceptors (Lipinski definition) is 8. The molecular formula is C23H24N6O3S2. The van der Waals surface area contributed by atoms with Gasteiger partial charge in [-0.05, 0) is 51.8 Å². The van der Waals surface area contributed by atoms with E-state index in [1.54, 1.807) is 18.2 Å². The molecule has 0 aliphatic heterocycles. The lowest BCUT2D eigenvalue weighted by Crippen LogP contribution is -2.14. The quantitative estimate of drug-likeness (QED) is 0.358. The molecule has 9 nitrogen and oxygen atoms in total. The van der Waals surface area contributed by atoms with Crippen LogP contribution in [0.2, 0.25) is 0 Å². The summed E-state index contributed by atoms with van der Waals surface area (Å²) in [7, 11) is -3.57. The van der Waals surface area contributed by atoms with E-state index in [9.17, 15) is 13.2 Å². The normalized spacial score (nSPS) is 13.9. The number of amides is 1. The fourth-order valence-corrected chi connectivity index (χ4v) is 5.42. The average molecular weight is 497 g/mol. The number of thiazole rings is 1. The lowest BCUT2D eigenvalue weighted by molar-refractivity contribution is -0.117. The van der Waals surface area contributed by atoms with Gasteiger partial charge in [-0.15, -0.1) is 11.3 Å². The Kier molecular flexibility index (Phi) is 5.40. The van der Waals surface area contributed by atoms with E-state index in [0.717, 1.165) is 34.0 Å². The van der Waals surface area contributed by atoms with Crippen molar-refractivity contribution in [3.05, 3.63) is 40.7 Å². The van der Waals surface area contributed by atoms with Crippen LogP contribution in [-0.4, -0.2) is 40.5 Å². The molecule has 3 aromatic heterocycles. The van der Waals surface area contributed by atoms with E-state index in [2.05, 4.69) is 30.6 Å². The maximum Gasteiger partial charge on any atom is 0.228 e. The summed E-state index contributed by atoms with van der Waals surface area (Å²) in [5.74, 6) is 0.996. The molecule has 11 heteroatoms. The van der Waals surface area contributed by atoms with Gasteiger partial charge in [0.25, 0.3) is 0 Å². The zero-order valence-corrected chi connectivity index (χ0v) is 20.8. The van der Waals surface area contributed by atoms with Crippen LogP contribution in [0.25, 0.3) is 21.7 Å². The molecule has 3 N–H and O–H groups in total. The summed E-state index contributed by atoms with van der Waals surface area (Å²) in [5, 5.41) is 6.84. The van der Waals surface area contributed by atoms with Crippen molar-refractivity contribution in [1.82, 2.24) is 19.9 Å². The van der Waals surface area contributed by atoms with Gasteiger partial charge in [-0.2, -0.15) is 0 Å². The number of hydrogen-bond donors (Lipinski definition) is 3. The van der Waals surface area contributed by atoms with Gasteiger partial charge in [0, 0.05) is 28.7 Å². The lowest BCUT2D eigenvalue weighted by atomic mass is 10.2. The molecule has 5 rings (SSSR count). The average Bonchev–Trinajstić information content (AvgIpc) is 3.47. The third-order valence-corrected chi connectivity index (χ3v) is 7.96. The van der Waals surface area contributed by atoms with Crippen LogP contribution in [0.5, 0.6) is 0 Å². The van der Waals surface area contributed by atoms with Crippen molar-refractivity contribution in [3.63, 3.8) is 0 Å². The van der Waals surface area contributed by atoms with E-state index in [4.69, 9.17) is 0 Å². The third kappa shape index (κ3) is 4.40. The van der Waals surface area contributed by atoms with Crippen molar-refractivity contribution >= 4 is 55.4 Å². The van der Waals surface area contributed by atoms with Gasteiger partial charge in [-0.1, -0.05) is 0 Å². The molecule has 1 fully saturated rings. The summed E-state index contributed by atoms with van der Waals surface area (Å²) in [6.07, 6.45) is 2.94. The number of anilines is 3. The summed E-state index contributed by atoms with van der Waals surface area (Å²) >= 11 is 1.53. The van der Waals surface area contributed by atoms with E-state index in [1.165, 1.54) is 17.6 Å². The fraction of sp³-hybridized carbons (Fsp3) is 0.304. The summed E-state index contributed by atoms with van der Waals surface area (Å²) < 4.78 is 25.4. The van der Waals surface area contributed by atoms with Crippen LogP contribution in [-0.2, 0) is 14.6 Å². The lowest BCUT2D eigenvalue weighted by Gasteiger charge is -2.14. The van der Waals surface area contributed by atoms with E-state index in [-0.39, 0.29) is 16.7 Å². The zero-order valence-electron chi connectivity index (χ0n) is 19.2. The van der Waals surface area contributed by atoms with Crippen LogP contribution in [0.1, 0.15) is 29.2 Å². The second-order valence-electron chi connectivity index (χ2n) is 8.61. The molecule has 3 heterocycles. The van der Waals surface area contributed by atoms with E-state index < -0.39 is 9.84 Å². The number of H-pyrrole nitrogens is 1. The first kappa shape index (κ1) is 22.5. The van der Waals surface area contributed by atoms with Gasteiger partial charge in [0.15, 0.2) is 15.5 Å². The van der Waals surface area contributed by atoms with Gasteiger partial charge in [-0.25, -0.2) is 23.4 Å². The Labute approximate surface area is 201 Å². The highest BCUT2D eigenvalue weighted by molar-refractivity contribution is 7.90. The Balaban J connectivity index is 1.57. The maximum absolute atomic E-state index is 12.7. The Morgan fingerprint density at radius 1 is 1.09 bits per heavy atom. The second kappa shape index (κ2) is 8.17. The maximum atomic E-state index is 12.7. The van der Waals surface area contributed by atoms with Gasteiger partial charge in [0.05, 0.1) is 22.0 Å². The molecule has 1 aliphatic rings. The van der Waals surface area contributed by atoms with Crippen molar-refractivity contribution in [2.45, 2.75) is 38.5 Å². The van der Waals surface area contributed by atoms with E-state index in [1.807, 2.05) is 26.8 Å². The standard InChI is InChI=1S/C23H24N6O3S2/c1-11-12(2)33-23(24-11)15-7-8-16(18(9-15)34(4,31)32)27-17-10-19(29-22(30)14-5-6-14)28-21-20(17)25-13(3)26-21/h7-10,14H,5-6H2,1-4H3,(H3,25,26,27,28,29,30). The molecule has 0 spiro atoms. The molecule has 0 bridgehead atoms. The molecule has 34 heavy (non-hydrogen) atoms. The van der Waals surface area contributed by atoms with Gasteiger partial charge in [0.1, 0.15) is 22.2 Å². The van der Waals surface area contributed by atoms with Crippen LogP contribution < -0.4 is 10.6 Å². The smallest absolute Gasteiger partial charge is 0.228 e. The molecule has 1 amide bonds. The van der Waals surface area contributed by atoms with Crippen molar-refractivity contribution in [1.29, 1.82) is 0 Å². The number of carbonyl (C=O) groups is 1. The molecule has 1 aromatic carbocycles. The Bertz CT molecular complexity index is 1530. The number of sulfone groups is 1. The highest BCUT2D eigenvalue weighted by Crippen LogP contribution is 2.35. The SMILES string of the molecule is Cc1nc2c(Nc3ccc(-c4nc(C)c(C)s4)cc3S(C)(=O)=O)cc(NC(=O)C3CC3)nc2[nH]1. The molecular weight excluding hydrogens is 472 g/mol. The fourth-order valence-electron chi connectivity index (χ4n) is 3.65. The molecule has 1 aliphatic carbocycles. The number of nitrogens with zero attached hydrogens (tertiary/aromatic N) is 3. The minimum Gasteiger partial charge on any atom is -0.352 e. The topological polar surface area (TPSA) is 130 Å². The zero-order chi connectivity index (χ0) is 24.2. The number of pyridine rings is 1. The predicted octanol–water partition coefficient (Wildman–Crippen LogP) is 4.50. The number of aromatic amines is 1. The number of nitrogens with one attached hydrogen (secondary N) is 3. The summed E-state index contributed by atoms with van der Waals surface area (Å²) in [6, 6.07) is 6.89. The second-order valence-corrected chi connectivity index (χ2v) is 11.8. The minimum atomic E-state index is -3.57. The van der Waals surface area contributed by atoms with Gasteiger partial charge in [-0.3, -0.25) is 4.79 Å². The van der Waals surface area contributed by atoms with Crippen LogP contribution in [0.3, 0.4) is 0 Å². The first-order valence-electron chi connectivity index (χ1n) is 10.8. The van der Waals surface area contributed by atoms with Crippen molar-refractivity contribution in [3.8, 4) is 10.6 Å². The van der Waals surface area contributed by atoms with Crippen LogP contribution >= 0.6 is 11.3 Å². The highest BCUT2D eigenvalue weighted by Gasteiger charge is 2.30. The largest absolute Gasteiger partial charge is 0.352 e. The van der Waals surface area contributed by atoms with E-state index in [0.29, 0.717) is 34.2 Å². The van der Waals surface area contributed by atoms with Gasteiger partial charge in [0.2, 0.25) is 5.91 Å². The highest BCUT2D eigenvalue weighted by atomic mass is 32.2. The van der Waals surface area contributed by atoms with Crippen molar-refractivity contribution in [2.24, 2.45) is 5.92 Å². The van der Waals surface area contributed by atoms with Gasteiger partial charge < -0.3 is 15.6 Å². The number of fused-ring (bicyclic) bond motifs is 1. The first-order valence-corrected chi connectivity index (χ1v) is 13.5. The first-order chi connectivity index (χ1) is 16.1. The number of aryl methyl sites for hydroxylation is 3. The molecule has 1 saturated carbocycles. The molecule has 4 aromatic rings. The molecule has 176 valence electrons. The minimum absolute atomic E-state index is 0.0277. The summed E-state index contributed by atoms with van der Waals surface area (Å²) in [4.78, 5) is 30.1. The third-order valence-electron chi connectivity index (χ3n) is 5.70. The van der Waals surface area contributed by atoms with Crippen molar-refractivity contribution in [2.75, 3.05) is 16.9 Å². The van der Waals surface area contributed by atoms with E-state index >= 15 is 0 Å². The number of aromatic nitrogens is 4. The monoisotopic (exact) mass is 496 g/mol. The summed E-state index contributed by atoms with van der Waals surface area (Å²) in [5.41, 5.74) is 3.66. The van der Waals surface area contributed by atoms with Gasteiger partial charge >= 0.3 is 0 Å². The number of imidazole rings is 1. The molecule has 0 unspecified atom stereocenters. The van der Waals surface area contributed by atoms with Crippen molar-refractivity contribution < 1.29 is 13.2 Å². The predicted molar refractivity (Wildman–Crippen MR) is 133 cm³/mol. The Morgan fingerprint density at radius 3 is 2.50 bits per heavy atom. The number of carbonyl (C=O) groups excluding carboxylic acids is 1. The van der Waals surface area contributed by atoms with Crippen LogP contribution in [0, 0.1) is 26.7 Å².